The molecular weight excluding hydrogens is 358 g/mol. The van der Waals surface area contributed by atoms with Crippen LogP contribution in [0.1, 0.15) is 15.9 Å². The number of rotatable bonds is 5. The minimum Gasteiger partial charge on any atom is -0.508 e. The Morgan fingerprint density at radius 1 is 1.27 bits per heavy atom. The number of aromatic hydroxyl groups is 2. The van der Waals surface area contributed by atoms with E-state index in [0.717, 1.165) is 0 Å². The van der Waals surface area contributed by atoms with Crippen molar-refractivity contribution in [1.29, 1.82) is 0 Å². The lowest BCUT2D eigenvalue weighted by Crippen LogP contribution is -2.12. The molecular formula is C17H14ClN5O3. The summed E-state index contributed by atoms with van der Waals surface area (Å²) in [5, 5.41) is 29.2. The van der Waals surface area contributed by atoms with Gasteiger partial charge in [0.05, 0.1) is 0 Å². The second kappa shape index (κ2) is 7.16. The molecule has 26 heavy (non-hydrogen) atoms. The number of amides is 1. The van der Waals surface area contributed by atoms with Crippen molar-refractivity contribution in [2.24, 2.45) is 10.7 Å². The molecule has 132 valence electrons. The molecule has 0 aliphatic carbocycles. The minimum atomic E-state index is -0.731. The standard InChI is InChI=1S/C17H14ClN5O3/c18-10-2-1-3-11(6-10)21-17-14(15(19)26)16(22-23-17)20-8-9-4-5-12(24)7-13(9)25/h1-8,24-25H,(H2,19,26)(H2,21,22,23). The van der Waals surface area contributed by atoms with Gasteiger partial charge in [0.25, 0.3) is 5.91 Å². The fraction of sp³-hybridized carbons (Fsp3) is 0. The van der Waals surface area contributed by atoms with Gasteiger partial charge in [-0.1, -0.05) is 17.7 Å². The second-order valence-electron chi connectivity index (χ2n) is 5.30. The van der Waals surface area contributed by atoms with Crippen LogP contribution < -0.4 is 11.1 Å². The molecule has 0 spiro atoms. The third-order valence-electron chi connectivity index (χ3n) is 3.43. The molecule has 3 aromatic rings. The van der Waals surface area contributed by atoms with Crippen LogP contribution in [0.15, 0.2) is 47.5 Å². The number of aromatic amines is 1. The average molecular weight is 372 g/mol. The fourth-order valence-corrected chi connectivity index (χ4v) is 2.42. The van der Waals surface area contributed by atoms with Crippen molar-refractivity contribution < 1.29 is 15.0 Å². The number of carbonyl (C=O) groups is 1. The molecule has 0 aliphatic rings. The average Bonchev–Trinajstić information content (AvgIpc) is 2.97. The molecule has 1 aromatic heterocycles. The van der Waals surface area contributed by atoms with Gasteiger partial charge in [-0.15, -0.1) is 0 Å². The van der Waals surface area contributed by atoms with Gasteiger partial charge in [0, 0.05) is 28.6 Å². The molecule has 6 N–H and O–H groups in total. The van der Waals surface area contributed by atoms with Crippen molar-refractivity contribution in [3.05, 3.63) is 58.6 Å². The summed E-state index contributed by atoms with van der Waals surface area (Å²) in [5.41, 5.74) is 6.47. The predicted octanol–water partition coefficient (Wildman–Crippen LogP) is 3.07. The predicted molar refractivity (Wildman–Crippen MR) is 98.9 cm³/mol. The molecule has 9 heteroatoms. The summed E-state index contributed by atoms with van der Waals surface area (Å²) < 4.78 is 0. The molecule has 0 saturated heterocycles. The molecule has 1 heterocycles. The van der Waals surface area contributed by atoms with Crippen LogP contribution >= 0.6 is 11.6 Å². The van der Waals surface area contributed by atoms with Crippen molar-refractivity contribution in [1.82, 2.24) is 10.2 Å². The number of primary amides is 1. The van der Waals surface area contributed by atoms with E-state index in [1.165, 1.54) is 24.4 Å². The maximum atomic E-state index is 11.8. The van der Waals surface area contributed by atoms with E-state index in [2.05, 4.69) is 20.5 Å². The Hall–Kier alpha value is -3.52. The number of nitrogens with one attached hydrogen (secondary N) is 2. The van der Waals surface area contributed by atoms with Gasteiger partial charge in [-0.05, 0) is 30.3 Å². The number of carbonyl (C=O) groups excluding carboxylic acids is 1. The van der Waals surface area contributed by atoms with Gasteiger partial charge in [-0.2, -0.15) is 5.10 Å². The normalized spacial score (nSPS) is 11.0. The zero-order valence-electron chi connectivity index (χ0n) is 13.3. The molecule has 0 unspecified atom stereocenters. The summed E-state index contributed by atoms with van der Waals surface area (Å²) in [4.78, 5) is 15.9. The molecule has 0 fully saturated rings. The maximum Gasteiger partial charge on any atom is 0.256 e. The number of phenols is 2. The molecule has 0 saturated carbocycles. The van der Waals surface area contributed by atoms with E-state index >= 15 is 0 Å². The number of aliphatic imine (C=N–C) groups is 1. The fourth-order valence-electron chi connectivity index (χ4n) is 2.23. The largest absolute Gasteiger partial charge is 0.508 e. The molecule has 8 nitrogen and oxygen atoms in total. The highest BCUT2D eigenvalue weighted by Gasteiger charge is 2.18. The van der Waals surface area contributed by atoms with Crippen molar-refractivity contribution in [2.45, 2.75) is 0 Å². The Labute approximate surface area is 153 Å². The Bertz CT molecular complexity index is 1000. The molecule has 2 aromatic carbocycles. The number of hydrogen-bond donors (Lipinski definition) is 5. The van der Waals surface area contributed by atoms with E-state index in [1.54, 1.807) is 24.3 Å². The Balaban J connectivity index is 1.92. The first-order valence-corrected chi connectivity index (χ1v) is 7.78. The van der Waals surface area contributed by atoms with E-state index in [0.29, 0.717) is 16.3 Å². The number of halogens is 1. The van der Waals surface area contributed by atoms with Gasteiger partial charge >= 0.3 is 0 Å². The number of benzene rings is 2. The zero-order valence-corrected chi connectivity index (χ0v) is 14.0. The number of phenolic OH excluding ortho intramolecular Hbond substituents is 2. The van der Waals surface area contributed by atoms with Gasteiger partial charge < -0.3 is 21.3 Å². The first-order chi connectivity index (χ1) is 12.4. The maximum absolute atomic E-state index is 11.8. The summed E-state index contributed by atoms with van der Waals surface area (Å²) in [7, 11) is 0. The van der Waals surface area contributed by atoms with Crippen molar-refractivity contribution >= 4 is 41.0 Å². The first kappa shape index (κ1) is 17.3. The minimum absolute atomic E-state index is 0.0505. The van der Waals surface area contributed by atoms with Gasteiger partial charge in [0.15, 0.2) is 5.82 Å². The number of nitrogens with zero attached hydrogens (tertiary/aromatic N) is 2. The van der Waals surface area contributed by atoms with Crippen LogP contribution in [-0.2, 0) is 0 Å². The molecule has 0 atom stereocenters. The Kier molecular flexibility index (Phi) is 4.76. The highest BCUT2D eigenvalue weighted by molar-refractivity contribution is 6.30. The second-order valence-corrected chi connectivity index (χ2v) is 5.73. The topological polar surface area (TPSA) is 137 Å². The van der Waals surface area contributed by atoms with Crippen LogP contribution in [0.3, 0.4) is 0 Å². The summed E-state index contributed by atoms with van der Waals surface area (Å²) in [6.07, 6.45) is 1.31. The van der Waals surface area contributed by atoms with Gasteiger partial charge in [-0.3, -0.25) is 9.89 Å². The van der Waals surface area contributed by atoms with Crippen LogP contribution in [0.4, 0.5) is 17.3 Å². The van der Waals surface area contributed by atoms with Crippen LogP contribution in [0, 0.1) is 0 Å². The smallest absolute Gasteiger partial charge is 0.256 e. The summed E-state index contributed by atoms with van der Waals surface area (Å²) in [5.74, 6) is -0.658. The van der Waals surface area contributed by atoms with Gasteiger partial charge in [-0.25, -0.2) is 4.99 Å². The lowest BCUT2D eigenvalue weighted by molar-refractivity contribution is 0.100. The van der Waals surface area contributed by atoms with Crippen LogP contribution in [-0.4, -0.2) is 32.5 Å². The van der Waals surface area contributed by atoms with Crippen LogP contribution in [0.2, 0.25) is 5.02 Å². The lowest BCUT2D eigenvalue weighted by atomic mass is 10.2. The van der Waals surface area contributed by atoms with E-state index < -0.39 is 5.91 Å². The molecule has 3 rings (SSSR count). The number of H-pyrrole nitrogens is 1. The van der Waals surface area contributed by atoms with E-state index in [9.17, 15) is 15.0 Å². The summed E-state index contributed by atoms with van der Waals surface area (Å²) in [6, 6.07) is 10.9. The van der Waals surface area contributed by atoms with E-state index in [4.69, 9.17) is 17.3 Å². The number of anilines is 2. The summed E-state index contributed by atoms with van der Waals surface area (Å²) >= 11 is 5.94. The number of hydrogen-bond acceptors (Lipinski definition) is 6. The monoisotopic (exact) mass is 371 g/mol. The Morgan fingerprint density at radius 2 is 2.08 bits per heavy atom. The third kappa shape index (κ3) is 3.76. The van der Waals surface area contributed by atoms with Gasteiger partial charge in [0.1, 0.15) is 22.9 Å². The third-order valence-corrected chi connectivity index (χ3v) is 3.66. The summed E-state index contributed by atoms with van der Waals surface area (Å²) in [6.45, 7) is 0. The molecule has 0 radical (unpaired) electrons. The highest BCUT2D eigenvalue weighted by atomic mass is 35.5. The van der Waals surface area contributed by atoms with Crippen LogP contribution in [0.5, 0.6) is 11.5 Å². The first-order valence-electron chi connectivity index (χ1n) is 7.41. The van der Waals surface area contributed by atoms with E-state index in [-0.39, 0.29) is 28.7 Å². The van der Waals surface area contributed by atoms with Gasteiger partial charge in [0.2, 0.25) is 0 Å². The van der Waals surface area contributed by atoms with Crippen molar-refractivity contribution in [3.63, 3.8) is 0 Å². The van der Waals surface area contributed by atoms with E-state index in [1.807, 2.05) is 0 Å². The van der Waals surface area contributed by atoms with Crippen LogP contribution in [0.25, 0.3) is 0 Å². The highest BCUT2D eigenvalue weighted by Crippen LogP contribution is 2.28. The van der Waals surface area contributed by atoms with Crippen molar-refractivity contribution in [2.75, 3.05) is 5.32 Å². The number of nitrogens with two attached hydrogens (primary N) is 1. The molecule has 1 amide bonds. The quantitative estimate of drug-likeness (QED) is 0.439. The molecule has 0 bridgehead atoms. The lowest BCUT2D eigenvalue weighted by Gasteiger charge is -2.05. The Morgan fingerprint density at radius 3 is 2.77 bits per heavy atom. The number of aromatic nitrogens is 2. The molecule has 0 aliphatic heterocycles. The zero-order chi connectivity index (χ0) is 18.7. The SMILES string of the molecule is NC(=O)c1c(N=Cc2ccc(O)cc2O)n[nH]c1Nc1cccc(Cl)c1. The van der Waals surface area contributed by atoms with Crippen molar-refractivity contribution in [3.8, 4) is 11.5 Å².